The van der Waals surface area contributed by atoms with Crippen molar-refractivity contribution in [3.05, 3.63) is 22.4 Å². The second-order valence-electron chi connectivity index (χ2n) is 5.19. The van der Waals surface area contributed by atoms with E-state index >= 15 is 0 Å². The summed E-state index contributed by atoms with van der Waals surface area (Å²) in [4.78, 5) is 2.27. The van der Waals surface area contributed by atoms with E-state index in [-0.39, 0.29) is 6.10 Å². The van der Waals surface area contributed by atoms with Crippen molar-refractivity contribution in [2.75, 3.05) is 13.2 Å². The molecule has 1 heterocycles. The molecular formula is C14H25NO2S. The van der Waals surface area contributed by atoms with Crippen LogP contribution < -0.4 is 0 Å². The van der Waals surface area contributed by atoms with Crippen LogP contribution in [0.2, 0.25) is 0 Å². The number of aliphatic hydroxyl groups is 1. The average Bonchev–Trinajstić information content (AvgIpc) is 2.78. The highest BCUT2D eigenvalue weighted by Gasteiger charge is 2.15. The van der Waals surface area contributed by atoms with Gasteiger partial charge in [0.2, 0.25) is 0 Å². The molecule has 1 aromatic heterocycles. The summed E-state index contributed by atoms with van der Waals surface area (Å²) in [6.07, 6.45) is -0.252. The molecule has 4 heteroatoms. The fourth-order valence-corrected chi connectivity index (χ4v) is 2.36. The molecule has 0 aliphatic carbocycles. The zero-order valence-electron chi connectivity index (χ0n) is 11.8. The van der Waals surface area contributed by atoms with Crippen LogP contribution >= 0.6 is 11.3 Å². The predicted octanol–water partition coefficient (Wildman–Crippen LogP) is 2.74. The summed E-state index contributed by atoms with van der Waals surface area (Å²) in [5, 5.41) is 14.2. The summed E-state index contributed by atoms with van der Waals surface area (Å²) < 4.78 is 5.44. The molecule has 0 amide bonds. The number of ether oxygens (including phenoxy) is 1. The molecule has 0 aliphatic rings. The maximum atomic E-state index is 9.98. The van der Waals surface area contributed by atoms with Gasteiger partial charge in [-0.05, 0) is 50.1 Å². The van der Waals surface area contributed by atoms with E-state index in [1.807, 2.05) is 13.8 Å². The molecule has 1 atom stereocenters. The van der Waals surface area contributed by atoms with E-state index in [1.54, 1.807) is 11.3 Å². The van der Waals surface area contributed by atoms with Crippen LogP contribution in [-0.2, 0) is 11.3 Å². The molecule has 0 bridgehead atoms. The van der Waals surface area contributed by atoms with Crippen molar-refractivity contribution >= 4 is 11.3 Å². The van der Waals surface area contributed by atoms with E-state index in [9.17, 15) is 5.11 Å². The molecule has 3 nitrogen and oxygen atoms in total. The molecular weight excluding hydrogens is 246 g/mol. The lowest BCUT2D eigenvalue weighted by Gasteiger charge is -2.28. The van der Waals surface area contributed by atoms with Gasteiger partial charge in [-0.2, -0.15) is 11.3 Å². The lowest BCUT2D eigenvalue weighted by atomic mass is 10.2. The quantitative estimate of drug-likeness (QED) is 0.789. The zero-order chi connectivity index (χ0) is 13.5. The molecule has 1 aromatic rings. The molecule has 1 rings (SSSR count). The van der Waals surface area contributed by atoms with E-state index in [4.69, 9.17) is 4.74 Å². The van der Waals surface area contributed by atoms with Gasteiger partial charge in [0.05, 0.1) is 18.8 Å². The van der Waals surface area contributed by atoms with E-state index in [0.717, 1.165) is 6.54 Å². The van der Waals surface area contributed by atoms with Crippen molar-refractivity contribution in [1.29, 1.82) is 0 Å². The highest BCUT2D eigenvalue weighted by molar-refractivity contribution is 7.07. The van der Waals surface area contributed by atoms with Crippen LogP contribution in [0.4, 0.5) is 0 Å². The maximum absolute atomic E-state index is 9.98. The summed E-state index contributed by atoms with van der Waals surface area (Å²) in [7, 11) is 0. The molecule has 0 unspecified atom stereocenters. The van der Waals surface area contributed by atoms with Crippen LogP contribution in [-0.4, -0.2) is 41.4 Å². The standard InChI is InChI=1S/C14H25NO2S/c1-11(2)15(7-13-5-6-18-10-13)8-14(16)9-17-12(3)4/h5-6,10-12,14,16H,7-9H2,1-4H3/t14-/m0/s1. The van der Waals surface area contributed by atoms with Gasteiger partial charge in [0, 0.05) is 19.1 Å². The van der Waals surface area contributed by atoms with Crippen molar-refractivity contribution in [3.8, 4) is 0 Å². The van der Waals surface area contributed by atoms with Crippen LogP contribution in [0.5, 0.6) is 0 Å². The predicted molar refractivity (Wildman–Crippen MR) is 77.0 cm³/mol. The first-order chi connectivity index (χ1) is 8.49. The Morgan fingerprint density at radius 2 is 2.06 bits per heavy atom. The number of thiophene rings is 1. The Morgan fingerprint density at radius 3 is 2.56 bits per heavy atom. The van der Waals surface area contributed by atoms with Gasteiger partial charge < -0.3 is 9.84 Å². The number of hydrogen-bond acceptors (Lipinski definition) is 4. The monoisotopic (exact) mass is 271 g/mol. The minimum Gasteiger partial charge on any atom is -0.389 e. The molecule has 18 heavy (non-hydrogen) atoms. The van der Waals surface area contributed by atoms with Crippen molar-refractivity contribution < 1.29 is 9.84 Å². The number of nitrogens with zero attached hydrogens (tertiary/aromatic N) is 1. The Labute approximate surface area is 114 Å². The third-order valence-electron chi connectivity index (χ3n) is 2.76. The van der Waals surface area contributed by atoms with E-state index < -0.39 is 6.10 Å². The van der Waals surface area contributed by atoms with Crippen molar-refractivity contribution in [3.63, 3.8) is 0 Å². The van der Waals surface area contributed by atoms with E-state index in [0.29, 0.717) is 19.2 Å². The Kier molecular flexibility index (Phi) is 6.86. The largest absolute Gasteiger partial charge is 0.389 e. The Balaban J connectivity index is 2.42. The normalized spacial score (nSPS) is 13.8. The lowest BCUT2D eigenvalue weighted by Crippen LogP contribution is -2.39. The van der Waals surface area contributed by atoms with E-state index in [1.165, 1.54) is 5.56 Å². The Hall–Kier alpha value is -0.420. The van der Waals surface area contributed by atoms with Gasteiger partial charge in [0.15, 0.2) is 0 Å². The molecule has 0 radical (unpaired) electrons. The molecule has 0 saturated carbocycles. The summed E-state index contributed by atoms with van der Waals surface area (Å²) >= 11 is 1.71. The first-order valence-electron chi connectivity index (χ1n) is 6.53. The van der Waals surface area contributed by atoms with E-state index in [2.05, 4.69) is 35.6 Å². The topological polar surface area (TPSA) is 32.7 Å². The third kappa shape index (κ3) is 5.96. The summed E-state index contributed by atoms with van der Waals surface area (Å²) in [6.45, 7) is 10.2. The number of hydrogen-bond donors (Lipinski definition) is 1. The van der Waals surface area contributed by atoms with Gasteiger partial charge in [0.25, 0.3) is 0 Å². The second kappa shape index (κ2) is 7.89. The van der Waals surface area contributed by atoms with Crippen LogP contribution in [0.25, 0.3) is 0 Å². The second-order valence-corrected chi connectivity index (χ2v) is 5.97. The van der Waals surface area contributed by atoms with Gasteiger partial charge >= 0.3 is 0 Å². The van der Waals surface area contributed by atoms with Crippen molar-refractivity contribution in [1.82, 2.24) is 4.90 Å². The molecule has 0 aliphatic heterocycles. The Morgan fingerprint density at radius 1 is 1.33 bits per heavy atom. The fraction of sp³-hybridized carbons (Fsp3) is 0.714. The Bertz CT molecular complexity index is 312. The minimum atomic E-state index is -0.423. The van der Waals surface area contributed by atoms with Gasteiger partial charge in [0.1, 0.15) is 0 Å². The molecule has 0 aromatic carbocycles. The highest BCUT2D eigenvalue weighted by Crippen LogP contribution is 2.12. The first kappa shape index (κ1) is 15.6. The van der Waals surface area contributed by atoms with Crippen LogP contribution in [0, 0.1) is 0 Å². The summed E-state index contributed by atoms with van der Waals surface area (Å²) in [5.74, 6) is 0. The average molecular weight is 271 g/mol. The molecule has 1 N–H and O–H groups in total. The van der Waals surface area contributed by atoms with Crippen LogP contribution in [0.3, 0.4) is 0 Å². The van der Waals surface area contributed by atoms with Gasteiger partial charge in [-0.25, -0.2) is 0 Å². The molecule has 0 saturated heterocycles. The maximum Gasteiger partial charge on any atom is 0.0900 e. The SMILES string of the molecule is CC(C)OC[C@@H](O)CN(Cc1ccsc1)C(C)C. The molecule has 0 fully saturated rings. The highest BCUT2D eigenvalue weighted by atomic mass is 32.1. The van der Waals surface area contributed by atoms with Crippen LogP contribution in [0.1, 0.15) is 33.3 Å². The third-order valence-corrected chi connectivity index (χ3v) is 3.50. The number of aliphatic hydroxyl groups excluding tert-OH is 1. The first-order valence-corrected chi connectivity index (χ1v) is 7.48. The van der Waals surface area contributed by atoms with Gasteiger partial charge in [-0.1, -0.05) is 0 Å². The smallest absolute Gasteiger partial charge is 0.0900 e. The van der Waals surface area contributed by atoms with Gasteiger partial charge in [-0.15, -0.1) is 0 Å². The molecule has 104 valence electrons. The van der Waals surface area contributed by atoms with Crippen molar-refractivity contribution in [2.45, 2.75) is 52.5 Å². The zero-order valence-corrected chi connectivity index (χ0v) is 12.6. The lowest BCUT2D eigenvalue weighted by molar-refractivity contribution is -0.0136. The van der Waals surface area contributed by atoms with Crippen molar-refractivity contribution in [2.24, 2.45) is 0 Å². The molecule has 0 spiro atoms. The fourth-order valence-electron chi connectivity index (χ4n) is 1.70. The van der Waals surface area contributed by atoms with Crippen LogP contribution in [0.15, 0.2) is 16.8 Å². The summed E-state index contributed by atoms with van der Waals surface area (Å²) in [5.41, 5.74) is 1.31. The minimum absolute atomic E-state index is 0.170. The van der Waals surface area contributed by atoms with Gasteiger partial charge in [-0.3, -0.25) is 4.90 Å². The number of rotatable bonds is 8. The summed E-state index contributed by atoms with van der Waals surface area (Å²) in [6, 6.07) is 2.55.